The summed E-state index contributed by atoms with van der Waals surface area (Å²) in [6.45, 7) is 3.00. The molecule has 15 heavy (non-hydrogen) atoms. The molecule has 1 aliphatic rings. The molecule has 82 valence electrons. The highest BCUT2D eigenvalue weighted by atomic mass is 32.2. The van der Waals surface area contributed by atoms with Crippen molar-refractivity contribution in [2.45, 2.75) is 31.1 Å². The van der Waals surface area contributed by atoms with Gasteiger partial charge in [0.05, 0.1) is 0 Å². The molecule has 0 bridgehead atoms. The van der Waals surface area contributed by atoms with E-state index < -0.39 is 0 Å². The van der Waals surface area contributed by atoms with E-state index in [1.54, 1.807) is 0 Å². The van der Waals surface area contributed by atoms with Gasteiger partial charge in [-0.05, 0) is 56.0 Å². The third kappa shape index (κ3) is 2.99. The lowest BCUT2D eigenvalue weighted by molar-refractivity contribution is 0.509. The molecule has 1 saturated carbocycles. The molecular weight excluding hydrogens is 202 g/mol. The van der Waals surface area contributed by atoms with Crippen molar-refractivity contribution < 1.29 is 0 Å². The second kappa shape index (κ2) is 4.58. The Morgan fingerprint density at radius 3 is 2.47 bits per heavy atom. The van der Waals surface area contributed by atoms with Gasteiger partial charge < -0.3 is 5.73 Å². The van der Waals surface area contributed by atoms with E-state index in [1.165, 1.54) is 35.5 Å². The summed E-state index contributed by atoms with van der Waals surface area (Å²) in [6.07, 6.45) is 3.97. The summed E-state index contributed by atoms with van der Waals surface area (Å²) in [7, 11) is 0. The molecule has 1 aliphatic carbocycles. The fraction of sp³-hybridized carbons (Fsp3) is 0.538. The van der Waals surface area contributed by atoms with Crippen molar-refractivity contribution in [1.29, 1.82) is 0 Å². The molecule has 0 radical (unpaired) electrons. The maximum absolute atomic E-state index is 5.76. The molecule has 0 aliphatic heterocycles. The minimum atomic E-state index is 0.525. The predicted molar refractivity (Wildman–Crippen MR) is 67.2 cm³/mol. The van der Waals surface area contributed by atoms with Crippen LogP contribution in [0.25, 0.3) is 0 Å². The number of hydrogen-bond donors (Lipinski definition) is 1. The highest BCUT2D eigenvalue weighted by molar-refractivity contribution is 7.99. The summed E-state index contributed by atoms with van der Waals surface area (Å²) in [6, 6.07) is 8.78. The number of thioether (sulfide) groups is 1. The van der Waals surface area contributed by atoms with Gasteiger partial charge in [-0.15, -0.1) is 11.8 Å². The smallest absolute Gasteiger partial charge is 0.00721 e. The van der Waals surface area contributed by atoms with Crippen LogP contribution in [-0.2, 0) is 0 Å². The Morgan fingerprint density at radius 2 is 1.93 bits per heavy atom. The molecule has 2 heteroatoms. The third-order valence-electron chi connectivity index (χ3n) is 3.31. The molecule has 1 aromatic rings. The van der Waals surface area contributed by atoms with Crippen molar-refractivity contribution in [2.75, 3.05) is 12.3 Å². The fourth-order valence-electron chi connectivity index (χ4n) is 1.75. The molecule has 0 atom stereocenters. The largest absolute Gasteiger partial charge is 0.330 e. The summed E-state index contributed by atoms with van der Waals surface area (Å²) in [5, 5.41) is 0. The van der Waals surface area contributed by atoms with E-state index >= 15 is 0 Å². The summed E-state index contributed by atoms with van der Waals surface area (Å²) in [5.74, 6) is 1.21. The zero-order chi connectivity index (χ0) is 10.7. The number of aryl methyl sites for hydroxylation is 1. The van der Waals surface area contributed by atoms with Gasteiger partial charge in [-0.25, -0.2) is 0 Å². The summed E-state index contributed by atoms with van der Waals surface area (Å²) in [5.41, 5.74) is 7.62. The van der Waals surface area contributed by atoms with Crippen LogP contribution in [0.1, 0.15) is 24.8 Å². The maximum atomic E-state index is 5.76. The van der Waals surface area contributed by atoms with Gasteiger partial charge in [0.15, 0.2) is 0 Å². The molecule has 0 amide bonds. The molecule has 2 N–H and O–H groups in total. The molecule has 1 fully saturated rings. The lowest BCUT2D eigenvalue weighted by Crippen LogP contribution is -2.15. The molecule has 0 unspecified atom stereocenters. The molecule has 0 aromatic heterocycles. The highest BCUT2D eigenvalue weighted by Crippen LogP contribution is 2.48. The Labute approximate surface area is 96.4 Å². The van der Waals surface area contributed by atoms with Crippen LogP contribution < -0.4 is 5.73 Å². The Morgan fingerprint density at radius 1 is 1.27 bits per heavy atom. The lowest BCUT2D eigenvalue weighted by atomic mass is 10.1. The van der Waals surface area contributed by atoms with Crippen molar-refractivity contribution in [3.05, 3.63) is 29.8 Å². The van der Waals surface area contributed by atoms with E-state index in [9.17, 15) is 0 Å². The van der Waals surface area contributed by atoms with Crippen molar-refractivity contribution in [1.82, 2.24) is 0 Å². The maximum Gasteiger partial charge on any atom is 0.00721 e. The van der Waals surface area contributed by atoms with Crippen molar-refractivity contribution in [3.63, 3.8) is 0 Å². The Kier molecular flexibility index (Phi) is 3.37. The van der Waals surface area contributed by atoms with Crippen LogP contribution in [0, 0.1) is 12.3 Å². The highest BCUT2D eigenvalue weighted by Gasteiger charge is 2.40. The Bertz CT molecular complexity index is 314. The van der Waals surface area contributed by atoms with Gasteiger partial charge in [0, 0.05) is 4.90 Å². The molecular formula is C13H19NS. The van der Waals surface area contributed by atoms with E-state index in [1.807, 2.05) is 11.8 Å². The standard InChI is InChI=1S/C13H19NS/c1-11-2-4-12(5-3-11)15-9-8-13(10-14)6-7-13/h2-5H,6-10,14H2,1H3. The van der Waals surface area contributed by atoms with Gasteiger partial charge in [0.2, 0.25) is 0 Å². The predicted octanol–water partition coefficient (Wildman–Crippen LogP) is 3.22. The number of nitrogens with two attached hydrogens (primary N) is 1. The number of benzene rings is 1. The minimum Gasteiger partial charge on any atom is -0.330 e. The van der Waals surface area contributed by atoms with Gasteiger partial charge in [0.25, 0.3) is 0 Å². The molecule has 0 spiro atoms. The van der Waals surface area contributed by atoms with Crippen molar-refractivity contribution >= 4 is 11.8 Å². The van der Waals surface area contributed by atoms with Crippen LogP contribution in [0.5, 0.6) is 0 Å². The second-order valence-electron chi connectivity index (χ2n) is 4.62. The summed E-state index contributed by atoms with van der Waals surface area (Å²) in [4.78, 5) is 1.38. The number of hydrogen-bond acceptors (Lipinski definition) is 2. The van der Waals surface area contributed by atoms with Crippen LogP contribution in [0.15, 0.2) is 29.2 Å². The molecule has 1 aromatic carbocycles. The molecule has 1 nitrogen and oxygen atoms in total. The quantitative estimate of drug-likeness (QED) is 0.773. The number of rotatable bonds is 5. The minimum absolute atomic E-state index is 0.525. The van der Waals surface area contributed by atoms with Gasteiger partial charge in [0.1, 0.15) is 0 Å². The van der Waals surface area contributed by atoms with E-state index in [0.717, 1.165) is 6.54 Å². The van der Waals surface area contributed by atoms with Crippen molar-refractivity contribution in [2.24, 2.45) is 11.1 Å². The van der Waals surface area contributed by atoms with Crippen LogP contribution >= 0.6 is 11.8 Å². The van der Waals surface area contributed by atoms with Crippen LogP contribution in [0.2, 0.25) is 0 Å². The topological polar surface area (TPSA) is 26.0 Å². The summed E-state index contributed by atoms with van der Waals surface area (Å²) < 4.78 is 0. The average molecular weight is 221 g/mol. The Balaban J connectivity index is 1.76. The van der Waals surface area contributed by atoms with E-state index in [0.29, 0.717) is 5.41 Å². The first kappa shape index (κ1) is 11.0. The normalized spacial score (nSPS) is 17.7. The van der Waals surface area contributed by atoms with Crippen molar-refractivity contribution in [3.8, 4) is 0 Å². The zero-order valence-corrected chi connectivity index (χ0v) is 10.1. The third-order valence-corrected chi connectivity index (χ3v) is 4.33. The molecule has 2 rings (SSSR count). The Hall–Kier alpha value is -0.470. The van der Waals surface area contributed by atoms with Gasteiger partial charge in [-0.3, -0.25) is 0 Å². The summed E-state index contributed by atoms with van der Waals surface area (Å²) >= 11 is 1.96. The van der Waals surface area contributed by atoms with Gasteiger partial charge in [-0.2, -0.15) is 0 Å². The zero-order valence-electron chi connectivity index (χ0n) is 9.33. The SMILES string of the molecule is Cc1ccc(SCCC2(CN)CC2)cc1. The molecule has 0 heterocycles. The van der Waals surface area contributed by atoms with Crippen LogP contribution in [0.3, 0.4) is 0 Å². The van der Waals surface area contributed by atoms with E-state index in [2.05, 4.69) is 31.2 Å². The fourth-order valence-corrected chi connectivity index (χ4v) is 2.85. The van der Waals surface area contributed by atoms with Crippen LogP contribution in [-0.4, -0.2) is 12.3 Å². The average Bonchev–Trinajstić information content (AvgIpc) is 3.02. The second-order valence-corrected chi connectivity index (χ2v) is 5.78. The first-order chi connectivity index (χ1) is 7.24. The van der Waals surface area contributed by atoms with E-state index in [4.69, 9.17) is 5.73 Å². The van der Waals surface area contributed by atoms with E-state index in [-0.39, 0.29) is 0 Å². The first-order valence-electron chi connectivity index (χ1n) is 5.64. The molecule has 0 saturated heterocycles. The first-order valence-corrected chi connectivity index (χ1v) is 6.62. The monoisotopic (exact) mass is 221 g/mol. The van der Waals surface area contributed by atoms with Gasteiger partial charge >= 0.3 is 0 Å². The van der Waals surface area contributed by atoms with Crippen LogP contribution in [0.4, 0.5) is 0 Å². The van der Waals surface area contributed by atoms with Gasteiger partial charge in [-0.1, -0.05) is 17.7 Å². The lowest BCUT2D eigenvalue weighted by Gasteiger charge is -2.11.